The second kappa shape index (κ2) is 11.7. The largest absolute Gasteiger partial charge is 0.493 e. The molecule has 2 fully saturated rings. The summed E-state index contributed by atoms with van der Waals surface area (Å²) in [6, 6.07) is 12.7. The van der Waals surface area contributed by atoms with Crippen molar-refractivity contribution in [2.45, 2.75) is 56.8 Å². The predicted molar refractivity (Wildman–Crippen MR) is 162 cm³/mol. The number of ether oxygens (including phenoxy) is 2. The van der Waals surface area contributed by atoms with Gasteiger partial charge in [0.15, 0.2) is 17.3 Å². The molecule has 41 heavy (non-hydrogen) atoms. The van der Waals surface area contributed by atoms with E-state index >= 15 is 0 Å². The molecule has 3 aromatic rings. The molecule has 3 heterocycles. The Morgan fingerprint density at radius 2 is 1.54 bits per heavy atom. The van der Waals surface area contributed by atoms with Crippen LogP contribution in [0.4, 0.5) is 11.5 Å². The fourth-order valence-corrected chi connectivity index (χ4v) is 6.39. The molecule has 1 aliphatic carbocycles. The molecule has 1 saturated heterocycles. The third-order valence-corrected chi connectivity index (χ3v) is 8.71. The fraction of sp³-hybridized carbons (Fsp3) is 0.500. The molecule has 0 spiro atoms. The molecule has 5 N–H and O–H groups in total. The van der Waals surface area contributed by atoms with Gasteiger partial charge in [-0.2, -0.15) is 5.43 Å². The standard InChI is InChI=1S/C30H41N9O2/c1-40-26-18-24-25(19-27(26)41-2)33-20-34-28(24)39-29(31)35-30(32,36-39)21-10-12-23(13-11-21)38-16-14-37(15-17-38)22-8-6-4-3-5-7-9-22/h10-13,18-20,22,36H,3-9,14-17,32H2,1-2H3,(H2,31,35). The maximum Gasteiger partial charge on any atom is 0.215 e. The van der Waals surface area contributed by atoms with Crippen LogP contribution in [0.15, 0.2) is 47.7 Å². The van der Waals surface area contributed by atoms with Crippen LogP contribution in [0, 0.1) is 0 Å². The van der Waals surface area contributed by atoms with Crippen molar-refractivity contribution in [3.63, 3.8) is 0 Å². The van der Waals surface area contributed by atoms with Gasteiger partial charge >= 0.3 is 0 Å². The minimum Gasteiger partial charge on any atom is -0.493 e. The number of hydrogen-bond acceptors (Lipinski definition) is 11. The summed E-state index contributed by atoms with van der Waals surface area (Å²) in [5.41, 5.74) is 19.1. The molecular formula is C30H41N9O2. The van der Waals surface area contributed by atoms with E-state index in [1.165, 1.54) is 57.0 Å². The average Bonchev–Trinajstić information content (AvgIpc) is 3.30. The van der Waals surface area contributed by atoms with Crippen LogP contribution in [0.1, 0.15) is 50.5 Å². The number of benzene rings is 2. The zero-order valence-electron chi connectivity index (χ0n) is 24.1. The summed E-state index contributed by atoms with van der Waals surface area (Å²) in [5.74, 6) is 0.619. The fourth-order valence-electron chi connectivity index (χ4n) is 6.39. The van der Waals surface area contributed by atoms with E-state index in [1.807, 2.05) is 18.2 Å². The van der Waals surface area contributed by atoms with Crippen molar-refractivity contribution in [1.29, 1.82) is 0 Å². The molecule has 6 rings (SSSR count). The highest BCUT2D eigenvalue weighted by molar-refractivity contribution is 6.03. The van der Waals surface area contributed by atoms with Crippen molar-refractivity contribution in [2.75, 3.05) is 50.3 Å². The summed E-state index contributed by atoms with van der Waals surface area (Å²) in [4.78, 5) is 18.7. The maximum absolute atomic E-state index is 6.77. The summed E-state index contributed by atoms with van der Waals surface area (Å²) in [5, 5.41) is 2.31. The van der Waals surface area contributed by atoms with Crippen LogP contribution < -0.4 is 36.3 Å². The van der Waals surface area contributed by atoms with Gasteiger partial charge in [-0.15, -0.1) is 0 Å². The van der Waals surface area contributed by atoms with Gasteiger partial charge in [0, 0.05) is 54.9 Å². The van der Waals surface area contributed by atoms with E-state index in [-0.39, 0.29) is 5.96 Å². The molecule has 0 radical (unpaired) electrons. The van der Waals surface area contributed by atoms with Crippen molar-refractivity contribution in [3.8, 4) is 11.5 Å². The highest BCUT2D eigenvalue weighted by atomic mass is 16.5. The highest BCUT2D eigenvalue weighted by Gasteiger charge is 2.38. The topological polar surface area (TPSA) is 130 Å². The van der Waals surface area contributed by atoms with Crippen molar-refractivity contribution >= 4 is 28.4 Å². The Balaban J connectivity index is 1.15. The third-order valence-electron chi connectivity index (χ3n) is 8.71. The molecule has 3 aliphatic rings. The molecule has 1 aromatic heterocycles. The molecule has 0 bridgehead atoms. The van der Waals surface area contributed by atoms with Crippen LogP contribution in [0.2, 0.25) is 0 Å². The van der Waals surface area contributed by atoms with E-state index in [4.69, 9.17) is 20.9 Å². The number of hydrogen-bond donors (Lipinski definition) is 3. The van der Waals surface area contributed by atoms with Crippen LogP contribution in [0.3, 0.4) is 0 Å². The summed E-state index contributed by atoms with van der Waals surface area (Å²) in [6.45, 7) is 4.31. The number of piperazine rings is 1. The second-order valence-electron chi connectivity index (χ2n) is 11.2. The Hall–Kier alpha value is -3.67. The lowest BCUT2D eigenvalue weighted by atomic mass is 9.95. The number of rotatable bonds is 6. The molecule has 11 nitrogen and oxygen atoms in total. The van der Waals surface area contributed by atoms with E-state index in [0.717, 1.165) is 37.8 Å². The van der Waals surface area contributed by atoms with Gasteiger partial charge in [0.2, 0.25) is 11.7 Å². The van der Waals surface area contributed by atoms with Gasteiger partial charge in [0.25, 0.3) is 0 Å². The van der Waals surface area contributed by atoms with Gasteiger partial charge in [-0.05, 0) is 31.0 Å². The zero-order chi connectivity index (χ0) is 28.4. The number of aromatic nitrogens is 2. The number of fused-ring (bicyclic) bond motifs is 1. The first kappa shape index (κ1) is 27.5. The minimum atomic E-state index is -1.24. The zero-order valence-corrected chi connectivity index (χ0v) is 24.1. The van der Waals surface area contributed by atoms with Gasteiger partial charge in [-0.1, -0.05) is 44.2 Å². The van der Waals surface area contributed by atoms with Crippen LogP contribution in [-0.4, -0.2) is 67.3 Å². The SMILES string of the molecule is COc1cc2ncnc(N3NC(N)(c4ccc(N5CCN(C6CCCCCCC6)CC5)cc4)N=C3N)c2cc1OC. The van der Waals surface area contributed by atoms with Crippen molar-refractivity contribution in [2.24, 2.45) is 16.5 Å². The van der Waals surface area contributed by atoms with Gasteiger partial charge in [0.05, 0.1) is 19.7 Å². The normalized spacial score (nSPS) is 22.9. The molecule has 1 unspecified atom stereocenters. The summed E-state index contributed by atoms with van der Waals surface area (Å²) in [6.07, 6.45) is 11.1. The molecule has 1 atom stereocenters. The van der Waals surface area contributed by atoms with E-state index in [9.17, 15) is 0 Å². The predicted octanol–water partition coefficient (Wildman–Crippen LogP) is 3.29. The van der Waals surface area contributed by atoms with Crippen molar-refractivity contribution in [1.82, 2.24) is 20.3 Å². The van der Waals surface area contributed by atoms with Crippen LogP contribution in [0.5, 0.6) is 11.5 Å². The maximum atomic E-state index is 6.77. The van der Waals surface area contributed by atoms with Crippen LogP contribution in [-0.2, 0) is 5.79 Å². The number of nitrogens with one attached hydrogen (secondary N) is 1. The Morgan fingerprint density at radius 3 is 2.22 bits per heavy atom. The monoisotopic (exact) mass is 559 g/mol. The van der Waals surface area contributed by atoms with Gasteiger partial charge in [0.1, 0.15) is 6.33 Å². The molecule has 1 saturated carbocycles. The Labute approximate surface area is 241 Å². The molecular weight excluding hydrogens is 518 g/mol. The lowest BCUT2D eigenvalue weighted by Crippen LogP contribution is -2.53. The second-order valence-corrected chi connectivity index (χ2v) is 11.2. The van der Waals surface area contributed by atoms with Crippen LogP contribution >= 0.6 is 0 Å². The molecule has 11 heteroatoms. The number of nitrogens with zero attached hydrogens (tertiary/aromatic N) is 6. The van der Waals surface area contributed by atoms with Crippen molar-refractivity contribution < 1.29 is 9.47 Å². The highest BCUT2D eigenvalue weighted by Crippen LogP contribution is 2.36. The van der Waals surface area contributed by atoms with Crippen molar-refractivity contribution in [3.05, 3.63) is 48.3 Å². The lowest BCUT2D eigenvalue weighted by molar-refractivity contribution is 0.157. The summed E-state index contributed by atoms with van der Waals surface area (Å²) < 4.78 is 10.9. The Morgan fingerprint density at radius 1 is 0.878 bits per heavy atom. The summed E-state index contributed by atoms with van der Waals surface area (Å²) in [7, 11) is 3.18. The third kappa shape index (κ3) is 5.49. The van der Waals surface area contributed by atoms with Gasteiger partial charge < -0.3 is 20.1 Å². The number of methoxy groups -OCH3 is 2. The number of aliphatic imine (C=N–C) groups is 1. The number of nitrogens with two attached hydrogens (primary N) is 2. The number of guanidine groups is 1. The van der Waals surface area contributed by atoms with E-state index in [0.29, 0.717) is 28.2 Å². The lowest BCUT2D eigenvalue weighted by Gasteiger charge is -2.41. The van der Waals surface area contributed by atoms with E-state index in [2.05, 4.69) is 42.3 Å². The minimum absolute atomic E-state index is 0.205. The molecule has 2 aliphatic heterocycles. The average molecular weight is 560 g/mol. The quantitative estimate of drug-likeness (QED) is 0.414. The van der Waals surface area contributed by atoms with Gasteiger partial charge in [-0.25, -0.2) is 20.0 Å². The van der Waals surface area contributed by atoms with Crippen LogP contribution in [0.25, 0.3) is 10.9 Å². The number of anilines is 2. The first-order valence-corrected chi connectivity index (χ1v) is 14.7. The first-order valence-electron chi connectivity index (χ1n) is 14.7. The van der Waals surface area contributed by atoms with E-state index in [1.54, 1.807) is 25.3 Å². The van der Waals surface area contributed by atoms with Gasteiger partial charge in [-0.3, -0.25) is 10.6 Å². The molecule has 218 valence electrons. The Kier molecular flexibility index (Phi) is 7.83. The smallest absolute Gasteiger partial charge is 0.215 e. The Bertz CT molecular complexity index is 1380. The first-order chi connectivity index (χ1) is 20.0. The molecule has 0 amide bonds. The summed E-state index contributed by atoms with van der Waals surface area (Å²) >= 11 is 0. The van der Waals surface area contributed by atoms with E-state index < -0.39 is 5.79 Å². The molecule has 2 aromatic carbocycles. The number of hydrazine groups is 1.